The van der Waals surface area contributed by atoms with Crippen molar-refractivity contribution in [3.63, 3.8) is 0 Å². The summed E-state index contributed by atoms with van der Waals surface area (Å²) in [5.74, 6) is 1.55. The average molecular weight is 316 g/mol. The molecular formula is C15H20N6O2. The van der Waals surface area contributed by atoms with Crippen LogP contribution in [-0.4, -0.2) is 44.0 Å². The first-order chi connectivity index (χ1) is 11.2. The Hall–Kier alpha value is -2.51. The van der Waals surface area contributed by atoms with Crippen LogP contribution in [0, 0.1) is 6.92 Å². The van der Waals surface area contributed by atoms with E-state index in [-0.39, 0.29) is 11.9 Å². The fourth-order valence-electron chi connectivity index (χ4n) is 2.59. The molecular weight excluding hydrogens is 296 g/mol. The third-order valence-corrected chi connectivity index (χ3v) is 3.82. The number of likely N-dealkylation sites (tertiary alicyclic amines) is 1. The summed E-state index contributed by atoms with van der Waals surface area (Å²) in [5, 5.41) is 7.01. The molecule has 2 aromatic rings. The van der Waals surface area contributed by atoms with E-state index in [9.17, 15) is 4.79 Å². The van der Waals surface area contributed by atoms with E-state index in [4.69, 9.17) is 4.52 Å². The fraction of sp³-hybridized carbons (Fsp3) is 0.533. The van der Waals surface area contributed by atoms with Crippen molar-refractivity contribution in [1.29, 1.82) is 0 Å². The van der Waals surface area contributed by atoms with Gasteiger partial charge in [0.25, 0.3) is 5.91 Å². The minimum absolute atomic E-state index is 0.0691. The summed E-state index contributed by atoms with van der Waals surface area (Å²) in [5.41, 5.74) is 0.355. The Bertz CT molecular complexity index is 680. The van der Waals surface area contributed by atoms with Crippen LogP contribution in [0.3, 0.4) is 0 Å². The highest BCUT2D eigenvalue weighted by Gasteiger charge is 2.22. The van der Waals surface area contributed by atoms with Crippen LogP contribution in [0.2, 0.25) is 0 Å². The molecule has 8 heteroatoms. The van der Waals surface area contributed by atoms with Crippen LogP contribution in [0.25, 0.3) is 0 Å². The van der Waals surface area contributed by atoms with E-state index < -0.39 is 0 Å². The number of nitrogens with one attached hydrogen (secondary N) is 1. The van der Waals surface area contributed by atoms with Gasteiger partial charge in [-0.05, 0) is 26.2 Å². The van der Waals surface area contributed by atoms with Crippen LogP contribution in [0.15, 0.2) is 16.9 Å². The molecule has 0 bridgehead atoms. The van der Waals surface area contributed by atoms with E-state index in [1.165, 1.54) is 6.20 Å². The minimum Gasteiger partial charge on any atom is -0.357 e. The Morgan fingerprint density at radius 3 is 2.78 bits per heavy atom. The molecule has 0 spiro atoms. The Morgan fingerprint density at radius 2 is 2.13 bits per heavy atom. The van der Waals surface area contributed by atoms with Crippen LogP contribution in [0.5, 0.6) is 0 Å². The smallest absolute Gasteiger partial charge is 0.274 e. The van der Waals surface area contributed by atoms with Gasteiger partial charge < -0.3 is 14.7 Å². The van der Waals surface area contributed by atoms with Gasteiger partial charge in [-0.25, -0.2) is 4.98 Å². The van der Waals surface area contributed by atoms with Crippen molar-refractivity contribution in [2.75, 3.05) is 18.4 Å². The molecule has 0 radical (unpaired) electrons. The minimum atomic E-state index is -0.164. The number of carbonyl (C=O) groups is 1. The quantitative estimate of drug-likeness (QED) is 0.900. The van der Waals surface area contributed by atoms with Gasteiger partial charge in [-0.3, -0.25) is 9.78 Å². The van der Waals surface area contributed by atoms with E-state index in [0.717, 1.165) is 32.4 Å². The normalized spacial score (nSPS) is 15.7. The van der Waals surface area contributed by atoms with Crippen LogP contribution >= 0.6 is 0 Å². The van der Waals surface area contributed by atoms with Crippen molar-refractivity contribution in [2.24, 2.45) is 0 Å². The molecule has 1 aliphatic rings. The number of aromatic nitrogens is 4. The third-order valence-electron chi connectivity index (χ3n) is 3.82. The Kier molecular flexibility index (Phi) is 4.50. The lowest BCUT2D eigenvalue weighted by Gasteiger charge is -2.16. The third kappa shape index (κ3) is 3.46. The van der Waals surface area contributed by atoms with E-state index in [1.54, 1.807) is 13.1 Å². The molecule has 1 aliphatic heterocycles. The summed E-state index contributed by atoms with van der Waals surface area (Å²) in [6.45, 7) is 5.35. The van der Waals surface area contributed by atoms with Gasteiger partial charge in [-0.1, -0.05) is 12.1 Å². The van der Waals surface area contributed by atoms with Crippen molar-refractivity contribution in [3.05, 3.63) is 29.8 Å². The molecule has 122 valence electrons. The molecule has 1 N–H and O–H groups in total. The summed E-state index contributed by atoms with van der Waals surface area (Å²) in [6, 6.07) is -0.164. The summed E-state index contributed by atoms with van der Waals surface area (Å²) in [4.78, 5) is 26.9. The predicted molar refractivity (Wildman–Crippen MR) is 82.9 cm³/mol. The lowest BCUT2D eigenvalue weighted by atomic mass is 10.2. The largest absolute Gasteiger partial charge is 0.357 e. The SMILES string of the molecule is CCC(Nc1cncc(C(=O)N2CCCC2)n1)c1nc(C)no1. The molecule has 8 nitrogen and oxygen atoms in total. The zero-order chi connectivity index (χ0) is 16.2. The Balaban J connectivity index is 1.75. The van der Waals surface area contributed by atoms with Gasteiger partial charge in [0.2, 0.25) is 5.89 Å². The molecule has 0 aromatic carbocycles. The monoisotopic (exact) mass is 316 g/mol. The highest BCUT2D eigenvalue weighted by Crippen LogP contribution is 2.20. The Morgan fingerprint density at radius 1 is 1.35 bits per heavy atom. The van der Waals surface area contributed by atoms with Crippen LogP contribution in [0.4, 0.5) is 5.82 Å². The topological polar surface area (TPSA) is 97.0 Å². The van der Waals surface area contributed by atoms with E-state index in [0.29, 0.717) is 23.2 Å². The fourth-order valence-corrected chi connectivity index (χ4v) is 2.59. The predicted octanol–water partition coefficient (Wildman–Crippen LogP) is 1.97. The van der Waals surface area contributed by atoms with E-state index >= 15 is 0 Å². The number of hydrogen-bond donors (Lipinski definition) is 1. The molecule has 1 atom stereocenters. The second-order valence-corrected chi connectivity index (χ2v) is 5.57. The van der Waals surface area contributed by atoms with Crippen LogP contribution in [-0.2, 0) is 0 Å². The summed E-state index contributed by atoms with van der Waals surface area (Å²) in [7, 11) is 0. The van der Waals surface area contributed by atoms with Crippen molar-refractivity contribution < 1.29 is 9.32 Å². The number of hydrogen-bond acceptors (Lipinski definition) is 7. The average Bonchev–Trinajstić information content (AvgIpc) is 3.24. The lowest BCUT2D eigenvalue weighted by Crippen LogP contribution is -2.28. The molecule has 0 saturated carbocycles. The molecule has 1 unspecified atom stereocenters. The first-order valence-electron chi connectivity index (χ1n) is 7.85. The van der Waals surface area contributed by atoms with Crippen LogP contribution in [0.1, 0.15) is 54.4 Å². The van der Waals surface area contributed by atoms with Gasteiger partial charge >= 0.3 is 0 Å². The number of aryl methyl sites for hydroxylation is 1. The van der Waals surface area contributed by atoms with E-state index in [2.05, 4.69) is 25.4 Å². The van der Waals surface area contributed by atoms with Gasteiger partial charge in [0, 0.05) is 13.1 Å². The number of nitrogens with zero attached hydrogens (tertiary/aromatic N) is 5. The van der Waals surface area contributed by atoms with Gasteiger partial charge in [0.05, 0.1) is 12.4 Å². The van der Waals surface area contributed by atoms with Crippen LogP contribution < -0.4 is 5.32 Å². The Labute approximate surface area is 134 Å². The van der Waals surface area contributed by atoms with Crippen molar-refractivity contribution in [2.45, 2.75) is 39.2 Å². The molecule has 2 aromatic heterocycles. The standard InChI is InChI=1S/C15H20N6O2/c1-3-11(14-17-10(2)20-23-14)18-13-9-16-8-12(19-13)15(22)21-6-4-5-7-21/h8-9,11H,3-7H2,1-2H3,(H,18,19). The maximum Gasteiger partial charge on any atom is 0.274 e. The molecule has 1 amide bonds. The zero-order valence-corrected chi connectivity index (χ0v) is 13.3. The lowest BCUT2D eigenvalue weighted by molar-refractivity contribution is 0.0786. The first kappa shape index (κ1) is 15.4. The first-order valence-corrected chi connectivity index (χ1v) is 7.85. The maximum absolute atomic E-state index is 12.4. The van der Waals surface area contributed by atoms with E-state index in [1.807, 2.05) is 11.8 Å². The molecule has 3 heterocycles. The molecule has 1 saturated heterocycles. The highest BCUT2D eigenvalue weighted by molar-refractivity contribution is 5.92. The van der Waals surface area contributed by atoms with Crippen molar-refractivity contribution in [1.82, 2.24) is 25.0 Å². The molecule has 23 heavy (non-hydrogen) atoms. The summed E-state index contributed by atoms with van der Waals surface area (Å²) >= 11 is 0. The van der Waals surface area contributed by atoms with Gasteiger partial charge in [-0.15, -0.1) is 0 Å². The summed E-state index contributed by atoms with van der Waals surface area (Å²) in [6.07, 6.45) is 5.93. The van der Waals surface area contributed by atoms with Crippen molar-refractivity contribution in [3.8, 4) is 0 Å². The zero-order valence-electron chi connectivity index (χ0n) is 13.3. The number of amides is 1. The number of rotatable bonds is 5. The summed E-state index contributed by atoms with van der Waals surface area (Å²) < 4.78 is 5.20. The molecule has 1 fully saturated rings. The molecule has 3 rings (SSSR count). The van der Waals surface area contributed by atoms with Gasteiger partial charge in [0.1, 0.15) is 17.6 Å². The van der Waals surface area contributed by atoms with Gasteiger partial charge in [0.15, 0.2) is 5.82 Å². The maximum atomic E-state index is 12.4. The molecule has 0 aliphatic carbocycles. The highest BCUT2D eigenvalue weighted by atomic mass is 16.5. The van der Waals surface area contributed by atoms with Crippen molar-refractivity contribution >= 4 is 11.7 Å². The number of anilines is 1. The number of carbonyl (C=O) groups excluding carboxylic acids is 1. The van der Waals surface area contributed by atoms with Gasteiger partial charge in [-0.2, -0.15) is 4.98 Å². The second kappa shape index (κ2) is 6.72. The second-order valence-electron chi connectivity index (χ2n) is 5.57.